The van der Waals surface area contributed by atoms with E-state index in [9.17, 15) is 114 Å². The molecule has 0 aromatic rings. The average Bonchev–Trinajstić information content (AvgIpc) is 2.78. The molecule has 0 rings (SSSR count). The van der Waals surface area contributed by atoms with Gasteiger partial charge in [0, 0.05) is 25.7 Å². The van der Waals surface area contributed by atoms with Crippen LogP contribution in [0, 0.1) is 11.8 Å². The van der Waals surface area contributed by atoms with Crippen LogP contribution in [0.4, 0.5) is 114 Å². The number of hydrogen-bond acceptors (Lipinski definition) is 0. The van der Waals surface area contributed by atoms with Crippen LogP contribution in [0.5, 0.6) is 0 Å². The number of rotatable bonds is 12. The molecule has 0 aliphatic heterocycles. The molecule has 0 heterocycles. The normalized spacial score (nSPS) is 16.1. The van der Waals surface area contributed by atoms with Crippen molar-refractivity contribution in [3.63, 3.8) is 0 Å². The largest absolute Gasteiger partial charge is 0.460 e. The Morgan fingerprint density at radius 3 is 0.614 bits per heavy atom. The molecule has 0 radical (unpaired) electrons. The quantitative estimate of drug-likeness (QED) is 0.139. The molecule has 0 saturated heterocycles. The van der Waals surface area contributed by atoms with Crippen LogP contribution in [0.25, 0.3) is 0 Å². The third kappa shape index (κ3) is 6.12. The molecule has 26 heteroatoms. The van der Waals surface area contributed by atoms with E-state index in [4.69, 9.17) is 0 Å². The monoisotopic (exact) mass is 718 g/mol. The molecule has 0 saturated carbocycles. The summed E-state index contributed by atoms with van der Waals surface area (Å²) in [6.45, 7) is 0. The Morgan fingerprint density at radius 2 is 0.432 bits per heavy atom. The summed E-state index contributed by atoms with van der Waals surface area (Å²) in [5.41, 5.74) is 0. The van der Waals surface area contributed by atoms with Crippen LogP contribution in [0.3, 0.4) is 0 Å². The van der Waals surface area contributed by atoms with E-state index in [-0.39, 0.29) is 0 Å². The molecule has 0 atom stereocenters. The molecule has 0 fully saturated rings. The lowest BCUT2D eigenvalue weighted by Gasteiger charge is -2.39. The lowest BCUT2D eigenvalue weighted by molar-refractivity contribution is -0.440. The third-order valence-electron chi connectivity index (χ3n) is 5.25. The first-order chi connectivity index (χ1) is 18.7. The Hall–Kier alpha value is -2.26. The van der Waals surface area contributed by atoms with Crippen LogP contribution in [0.2, 0.25) is 0 Å². The lowest BCUT2D eigenvalue weighted by atomic mass is 9.91. The number of hydrogen-bond donors (Lipinski definition) is 0. The smallest absolute Gasteiger partial charge is 0.200 e. The maximum atomic E-state index is 13.5. The minimum Gasteiger partial charge on any atom is -0.200 e. The summed E-state index contributed by atoms with van der Waals surface area (Å²) >= 11 is 0. The van der Waals surface area contributed by atoms with Crippen molar-refractivity contribution in [2.45, 2.75) is 97.3 Å². The van der Waals surface area contributed by atoms with Gasteiger partial charge in [0.15, 0.2) is 0 Å². The van der Waals surface area contributed by atoms with Crippen molar-refractivity contribution in [1.82, 2.24) is 0 Å². The van der Waals surface area contributed by atoms with Gasteiger partial charge in [-0.1, -0.05) is 0 Å². The highest BCUT2D eigenvalue weighted by molar-refractivity contribution is 5.13. The molecule has 0 amide bonds. The summed E-state index contributed by atoms with van der Waals surface area (Å²) < 4.78 is 336. The van der Waals surface area contributed by atoms with Gasteiger partial charge in [0.25, 0.3) is 0 Å². The summed E-state index contributed by atoms with van der Waals surface area (Å²) in [5, 5.41) is 0. The van der Waals surface area contributed by atoms with E-state index in [1.807, 2.05) is 0 Å². The van der Waals surface area contributed by atoms with E-state index in [0.717, 1.165) is 11.8 Å². The van der Waals surface area contributed by atoms with Gasteiger partial charge in [-0.25, -0.2) is 0 Å². The molecule has 0 nitrogen and oxygen atoms in total. The standard InChI is InChI=1S/C18H8F26/c19-7(20,9(23,24)11(27,28)13(31,32)15(35,36)17(39,40)41)5-3-1-2-4-6-8(21,22)10(25,26)12(29,30)14(33,34)16(37,38)18(42,43)44/h3-6H2. The Balaban J connectivity index is 5.89. The first-order valence-corrected chi connectivity index (χ1v) is 10.1. The summed E-state index contributed by atoms with van der Waals surface area (Å²) in [5.74, 6) is -76.3. The van der Waals surface area contributed by atoms with Crippen LogP contribution >= 0.6 is 0 Å². The minimum absolute atomic E-state index is 0.889. The molecule has 0 aromatic carbocycles. The maximum absolute atomic E-state index is 13.5. The van der Waals surface area contributed by atoms with Crippen molar-refractivity contribution in [2.24, 2.45) is 0 Å². The van der Waals surface area contributed by atoms with E-state index in [1.165, 1.54) is 0 Å². The van der Waals surface area contributed by atoms with Crippen LogP contribution < -0.4 is 0 Å². The molecular weight excluding hydrogens is 710 g/mol. The molecule has 0 N–H and O–H groups in total. The van der Waals surface area contributed by atoms with Crippen molar-refractivity contribution >= 4 is 0 Å². The van der Waals surface area contributed by atoms with E-state index >= 15 is 0 Å². The van der Waals surface area contributed by atoms with E-state index < -0.39 is 97.3 Å². The fourth-order valence-corrected chi connectivity index (χ4v) is 2.53. The van der Waals surface area contributed by atoms with Crippen molar-refractivity contribution in [3.05, 3.63) is 0 Å². The van der Waals surface area contributed by atoms with Gasteiger partial charge >= 0.3 is 71.6 Å². The second-order valence-electron chi connectivity index (χ2n) is 8.35. The topological polar surface area (TPSA) is 0 Å². The van der Waals surface area contributed by atoms with Gasteiger partial charge in [0.2, 0.25) is 0 Å². The van der Waals surface area contributed by atoms with Crippen LogP contribution in [0.15, 0.2) is 0 Å². The molecule has 0 aliphatic rings. The van der Waals surface area contributed by atoms with Gasteiger partial charge in [0.05, 0.1) is 0 Å². The van der Waals surface area contributed by atoms with Gasteiger partial charge in [-0.3, -0.25) is 0 Å². The number of alkyl halides is 26. The van der Waals surface area contributed by atoms with E-state index in [0.29, 0.717) is 0 Å². The molecular formula is C18H8F26. The van der Waals surface area contributed by atoms with E-state index in [1.54, 1.807) is 0 Å². The molecule has 44 heavy (non-hydrogen) atoms. The van der Waals surface area contributed by atoms with Gasteiger partial charge in [0.1, 0.15) is 0 Å². The van der Waals surface area contributed by atoms with E-state index in [2.05, 4.69) is 0 Å². The highest BCUT2D eigenvalue weighted by Gasteiger charge is 2.91. The Kier molecular flexibility index (Phi) is 10.6. The Bertz CT molecular complexity index is 977. The fraction of sp³-hybridized carbons (Fsp3) is 0.889. The molecule has 0 bridgehead atoms. The van der Waals surface area contributed by atoms with Gasteiger partial charge in [-0.2, -0.15) is 114 Å². The average molecular weight is 718 g/mol. The first-order valence-electron chi connectivity index (χ1n) is 10.1. The van der Waals surface area contributed by atoms with Crippen molar-refractivity contribution in [3.8, 4) is 11.8 Å². The molecule has 0 unspecified atom stereocenters. The van der Waals surface area contributed by atoms with Crippen molar-refractivity contribution in [1.29, 1.82) is 0 Å². The highest BCUT2D eigenvalue weighted by atomic mass is 19.4. The zero-order valence-corrected chi connectivity index (χ0v) is 19.7. The summed E-state index contributed by atoms with van der Waals surface area (Å²) in [4.78, 5) is 0. The third-order valence-corrected chi connectivity index (χ3v) is 5.25. The maximum Gasteiger partial charge on any atom is 0.460 e. The van der Waals surface area contributed by atoms with Gasteiger partial charge in [-0.15, -0.1) is 11.8 Å². The summed E-state index contributed by atoms with van der Waals surface area (Å²) in [6.07, 6.45) is -25.9. The van der Waals surface area contributed by atoms with Gasteiger partial charge in [-0.05, 0) is 0 Å². The Morgan fingerprint density at radius 1 is 0.250 bits per heavy atom. The molecule has 262 valence electrons. The second kappa shape index (κ2) is 11.2. The molecule has 0 spiro atoms. The highest BCUT2D eigenvalue weighted by Crippen LogP contribution is 2.62. The SMILES string of the molecule is FC(F)(F)C(F)(F)C(F)(F)C(F)(F)C(F)(F)C(F)(F)CCC#CCCC(F)(F)C(F)(F)C(F)(F)C(F)(F)C(F)(F)C(F)(F)F. The number of halogens is 26. The minimum atomic E-state index is -8.27. The summed E-state index contributed by atoms with van der Waals surface area (Å²) in [7, 11) is 0. The Labute approximate surface area is 224 Å². The zero-order valence-electron chi connectivity index (χ0n) is 19.7. The predicted molar refractivity (Wildman–Crippen MR) is 87.8 cm³/mol. The second-order valence-corrected chi connectivity index (χ2v) is 8.35. The summed E-state index contributed by atoms with van der Waals surface area (Å²) in [6, 6.07) is 0. The predicted octanol–water partition coefficient (Wildman–Crippen LogP) is 10.0. The lowest BCUT2D eigenvalue weighted by Crippen LogP contribution is -2.70. The van der Waals surface area contributed by atoms with Crippen LogP contribution in [-0.4, -0.2) is 71.6 Å². The molecule has 0 aliphatic carbocycles. The first kappa shape index (κ1) is 41.7. The van der Waals surface area contributed by atoms with Crippen molar-refractivity contribution < 1.29 is 114 Å². The zero-order chi connectivity index (χ0) is 36.2. The molecule has 0 aromatic heterocycles. The van der Waals surface area contributed by atoms with Crippen molar-refractivity contribution in [2.75, 3.05) is 0 Å². The van der Waals surface area contributed by atoms with Crippen LogP contribution in [0.1, 0.15) is 25.7 Å². The fourth-order valence-electron chi connectivity index (χ4n) is 2.53. The van der Waals surface area contributed by atoms with Crippen LogP contribution in [-0.2, 0) is 0 Å². The van der Waals surface area contributed by atoms with Gasteiger partial charge < -0.3 is 0 Å².